The van der Waals surface area contributed by atoms with Crippen molar-refractivity contribution in [3.8, 4) is 0 Å². The van der Waals surface area contributed by atoms with Gasteiger partial charge in [0.25, 0.3) is 0 Å². The fourth-order valence-corrected chi connectivity index (χ4v) is 1.69. The van der Waals surface area contributed by atoms with E-state index >= 15 is 0 Å². The fourth-order valence-electron chi connectivity index (χ4n) is 1.69. The van der Waals surface area contributed by atoms with Crippen LogP contribution in [0, 0.1) is 5.92 Å². The summed E-state index contributed by atoms with van der Waals surface area (Å²) in [7, 11) is 1.64. The van der Waals surface area contributed by atoms with Crippen molar-refractivity contribution in [3.63, 3.8) is 0 Å². The van der Waals surface area contributed by atoms with Gasteiger partial charge < -0.3 is 15.8 Å². The minimum Gasteiger partial charge on any atom is -0.383 e. The largest absolute Gasteiger partial charge is 0.383 e. The highest BCUT2D eigenvalue weighted by Crippen LogP contribution is 2.16. The van der Waals surface area contributed by atoms with Crippen LogP contribution >= 0.6 is 0 Å². The van der Waals surface area contributed by atoms with Crippen molar-refractivity contribution in [1.29, 1.82) is 0 Å². The molecule has 0 aromatic carbocycles. The summed E-state index contributed by atoms with van der Waals surface area (Å²) in [4.78, 5) is 11.8. The van der Waals surface area contributed by atoms with Crippen LogP contribution in [0.4, 0.5) is 0 Å². The molecule has 1 rings (SSSR count). The summed E-state index contributed by atoms with van der Waals surface area (Å²) in [5, 5.41) is 2.96. The highest BCUT2D eigenvalue weighted by atomic mass is 16.5. The van der Waals surface area contributed by atoms with Crippen LogP contribution < -0.4 is 11.1 Å². The monoisotopic (exact) mass is 212 g/mol. The van der Waals surface area contributed by atoms with Crippen LogP contribution in [0.5, 0.6) is 0 Å². The van der Waals surface area contributed by atoms with Gasteiger partial charge in [-0.25, -0.2) is 0 Å². The Morgan fingerprint density at radius 3 is 2.87 bits per heavy atom. The first kappa shape index (κ1) is 12.2. The van der Waals surface area contributed by atoms with Crippen molar-refractivity contribution in [1.82, 2.24) is 5.32 Å². The number of hydrogen-bond acceptors (Lipinski definition) is 3. The molecule has 0 fully saturated rings. The molecule has 0 aromatic rings. The molecule has 1 aliphatic carbocycles. The van der Waals surface area contributed by atoms with E-state index in [4.69, 9.17) is 10.5 Å². The van der Waals surface area contributed by atoms with E-state index in [-0.39, 0.29) is 23.9 Å². The Morgan fingerprint density at radius 2 is 2.40 bits per heavy atom. The minimum absolute atomic E-state index is 0.0308. The number of carbonyl (C=O) groups excluding carboxylic acids is 1. The molecule has 3 unspecified atom stereocenters. The lowest BCUT2D eigenvalue weighted by molar-refractivity contribution is -0.124. The normalized spacial score (nSPS) is 26.6. The van der Waals surface area contributed by atoms with E-state index in [1.807, 2.05) is 19.1 Å². The zero-order valence-electron chi connectivity index (χ0n) is 9.40. The second kappa shape index (κ2) is 5.88. The van der Waals surface area contributed by atoms with Crippen LogP contribution in [-0.2, 0) is 9.53 Å². The molecule has 0 spiro atoms. The molecule has 3 N–H and O–H groups in total. The lowest BCUT2D eigenvalue weighted by Crippen LogP contribution is -2.40. The number of amides is 1. The Labute approximate surface area is 90.9 Å². The molecule has 0 aromatic heterocycles. The first-order chi connectivity index (χ1) is 7.17. The molecule has 0 bridgehead atoms. The van der Waals surface area contributed by atoms with E-state index in [1.165, 1.54) is 0 Å². The summed E-state index contributed by atoms with van der Waals surface area (Å²) < 4.78 is 5.02. The smallest absolute Gasteiger partial charge is 0.227 e. The van der Waals surface area contributed by atoms with Crippen LogP contribution in [-0.4, -0.2) is 31.7 Å². The van der Waals surface area contributed by atoms with Gasteiger partial charge in [-0.05, 0) is 12.8 Å². The predicted octanol–water partition coefficient (Wildman–Crippen LogP) is 0.431. The van der Waals surface area contributed by atoms with Gasteiger partial charge in [0, 0.05) is 13.2 Å². The van der Waals surface area contributed by atoms with Crippen LogP contribution in [0.2, 0.25) is 0 Å². The summed E-state index contributed by atoms with van der Waals surface area (Å²) in [6, 6.07) is 0.135. The molecule has 0 aliphatic heterocycles. The third-order valence-electron chi connectivity index (χ3n) is 2.66. The molecular weight excluding hydrogens is 192 g/mol. The summed E-state index contributed by atoms with van der Waals surface area (Å²) in [5.74, 6) is -0.00555. The Bertz CT molecular complexity index is 241. The maximum absolute atomic E-state index is 11.8. The molecule has 86 valence electrons. The Morgan fingerprint density at radius 1 is 1.67 bits per heavy atom. The predicted molar refractivity (Wildman–Crippen MR) is 59.3 cm³/mol. The van der Waals surface area contributed by atoms with E-state index in [1.54, 1.807) is 7.11 Å². The molecule has 4 nitrogen and oxygen atoms in total. The lowest BCUT2D eigenvalue weighted by Gasteiger charge is -2.18. The molecule has 0 saturated carbocycles. The molecular formula is C11H20N2O2. The number of nitrogens with one attached hydrogen (secondary N) is 1. The third-order valence-corrected chi connectivity index (χ3v) is 2.66. The van der Waals surface area contributed by atoms with E-state index in [2.05, 4.69) is 5.32 Å². The van der Waals surface area contributed by atoms with Crippen molar-refractivity contribution in [2.24, 2.45) is 11.7 Å². The molecule has 1 amide bonds. The molecule has 0 saturated heterocycles. The van der Waals surface area contributed by atoms with Gasteiger partial charge in [-0.15, -0.1) is 0 Å². The molecule has 15 heavy (non-hydrogen) atoms. The summed E-state index contributed by atoms with van der Waals surface area (Å²) in [6.45, 7) is 2.59. The third kappa shape index (κ3) is 3.64. The molecule has 3 atom stereocenters. The van der Waals surface area contributed by atoms with Gasteiger partial charge in [0.05, 0.1) is 18.6 Å². The van der Waals surface area contributed by atoms with Gasteiger partial charge in [-0.3, -0.25) is 4.79 Å². The molecule has 1 aliphatic rings. The second-order valence-corrected chi connectivity index (χ2v) is 3.96. The molecule has 0 heterocycles. The van der Waals surface area contributed by atoms with Crippen LogP contribution in [0.1, 0.15) is 19.8 Å². The lowest BCUT2D eigenvalue weighted by atomic mass is 10.1. The van der Waals surface area contributed by atoms with Gasteiger partial charge in [-0.1, -0.05) is 19.1 Å². The number of hydrogen-bond donors (Lipinski definition) is 2. The number of methoxy groups -OCH3 is 1. The van der Waals surface area contributed by atoms with Crippen LogP contribution in [0.15, 0.2) is 12.2 Å². The topological polar surface area (TPSA) is 64.3 Å². The van der Waals surface area contributed by atoms with Gasteiger partial charge in [0.1, 0.15) is 0 Å². The first-order valence-electron chi connectivity index (χ1n) is 5.40. The minimum atomic E-state index is -0.0640. The van der Waals surface area contributed by atoms with E-state index in [0.29, 0.717) is 6.61 Å². The Balaban J connectivity index is 2.37. The summed E-state index contributed by atoms with van der Waals surface area (Å²) in [5.41, 5.74) is 5.69. The van der Waals surface area contributed by atoms with Crippen molar-refractivity contribution in [2.45, 2.75) is 31.8 Å². The quantitative estimate of drug-likeness (QED) is 0.650. The maximum Gasteiger partial charge on any atom is 0.227 e. The SMILES string of the molecule is CCC(COC)NC(=O)C1C=CC(N)C1. The van der Waals surface area contributed by atoms with Gasteiger partial charge >= 0.3 is 0 Å². The van der Waals surface area contributed by atoms with Crippen LogP contribution in [0.3, 0.4) is 0 Å². The van der Waals surface area contributed by atoms with Gasteiger partial charge in [-0.2, -0.15) is 0 Å². The Kier molecular flexibility index (Phi) is 4.78. The van der Waals surface area contributed by atoms with Gasteiger partial charge in [0.2, 0.25) is 5.91 Å². The van der Waals surface area contributed by atoms with Crippen molar-refractivity contribution >= 4 is 5.91 Å². The first-order valence-corrected chi connectivity index (χ1v) is 5.40. The molecule has 4 heteroatoms. The standard InChI is InChI=1S/C11H20N2O2/c1-3-10(7-15-2)13-11(14)8-4-5-9(12)6-8/h4-5,8-10H,3,6-7,12H2,1-2H3,(H,13,14). The van der Waals surface area contributed by atoms with E-state index < -0.39 is 0 Å². The summed E-state index contributed by atoms with van der Waals surface area (Å²) >= 11 is 0. The number of nitrogens with two attached hydrogens (primary N) is 1. The van der Waals surface area contributed by atoms with E-state index in [9.17, 15) is 4.79 Å². The average Bonchev–Trinajstić information content (AvgIpc) is 2.64. The number of rotatable bonds is 5. The van der Waals surface area contributed by atoms with Crippen molar-refractivity contribution in [3.05, 3.63) is 12.2 Å². The number of ether oxygens (including phenoxy) is 1. The average molecular weight is 212 g/mol. The Hall–Kier alpha value is -0.870. The van der Waals surface area contributed by atoms with Crippen molar-refractivity contribution < 1.29 is 9.53 Å². The van der Waals surface area contributed by atoms with E-state index in [0.717, 1.165) is 12.8 Å². The summed E-state index contributed by atoms with van der Waals surface area (Å²) in [6.07, 6.45) is 5.37. The molecule has 0 radical (unpaired) electrons. The second-order valence-electron chi connectivity index (χ2n) is 3.96. The highest BCUT2D eigenvalue weighted by Gasteiger charge is 2.23. The van der Waals surface area contributed by atoms with Crippen molar-refractivity contribution in [2.75, 3.05) is 13.7 Å². The van der Waals surface area contributed by atoms with Crippen LogP contribution in [0.25, 0.3) is 0 Å². The maximum atomic E-state index is 11.8. The number of carbonyl (C=O) groups is 1. The van der Waals surface area contributed by atoms with Gasteiger partial charge in [0.15, 0.2) is 0 Å². The zero-order valence-corrected chi connectivity index (χ0v) is 9.40. The fraction of sp³-hybridized carbons (Fsp3) is 0.727. The highest BCUT2D eigenvalue weighted by molar-refractivity contribution is 5.81. The zero-order chi connectivity index (χ0) is 11.3.